The normalized spacial score (nSPS) is 20.2. The molecule has 1 aliphatic heterocycles. The van der Waals surface area contributed by atoms with Gasteiger partial charge in [-0.15, -0.1) is 24.8 Å². The zero-order valence-corrected chi connectivity index (χ0v) is 8.96. The van der Waals surface area contributed by atoms with E-state index in [9.17, 15) is 0 Å². The number of hydrogen-bond acceptors (Lipinski definition) is 3. The second-order valence-corrected chi connectivity index (χ2v) is 3.35. The highest BCUT2D eigenvalue weighted by Gasteiger charge is 2.38. The van der Waals surface area contributed by atoms with Gasteiger partial charge < -0.3 is 15.7 Å². The first-order valence-corrected chi connectivity index (χ1v) is 3.72. The number of aliphatic hydroxyl groups is 1. The summed E-state index contributed by atoms with van der Waals surface area (Å²) in [6.07, 6.45) is 0.855. The fourth-order valence-corrected chi connectivity index (χ4v) is 1.73. The van der Waals surface area contributed by atoms with Gasteiger partial charge in [-0.25, -0.2) is 0 Å². The van der Waals surface area contributed by atoms with Crippen LogP contribution in [0.1, 0.15) is 6.42 Å². The molecule has 0 bridgehead atoms. The van der Waals surface area contributed by atoms with Crippen molar-refractivity contribution in [3.63, 3.8) is 0 Å². The maximum Gasteiger partial charge on any atom is 0.0437 e. The molecular weight excluding hydrogens is 199 g/mol. The van der Waals surface area contributed by atoms with Gasteiger partial charge in [0.15, 0.2) is 0 Å². The van der Waals surface area contributed by atoms with Crippen molar-refractivity contribution < 1.29 is 5.11 Å². The van der Waals surface area contributed by atoms with Gasteiger partial charge in [0.05, 0.1) is 0 Å². The third-order valence-electron chi connectivity index (χ3n) is 2.29. The Hall–Kier alpha value is 0.460. The second-order valence-electron chi connectivity index (χ2n) is 3.35. The molecule has 76 valence electrons. The lowest BCUT2D eigenvalue weighted by molar-refractivity contribution is 0.00900. The fourth-order valence-electron chi connectivity index (χ4n) is 1.73. The minimum atomic E-state index is 0. The lowest BCUT2D eigenvalue weighted by Gasteiger charge is -2.48. The Labute approximate surface area is 86.1 Å². The zero-order valence-electron chi connectivity index (χ0n) is 7.32. The van der Waals surface area contributed by atoms with Crippen molar-refractivity contribution in [2.24, 2.45) is 11.1 Å². The minimum absolute atomic E-state index is 0. The number of hydrogen-bond donors (Lipinski definition) is 2. The lowest BCUT2D eigenvalue weighted by Crippen LogP contribution is -2.58. The van der Waals surface area contributed by atoms with E-state index in [0.29, 0.717) is 6.54 Å². The molecule has 0 aromatic carbocycles. The van der Waals surface area contributed by atoms with E-state index < -0.39 is 0 Å². The first-order valence-electron chi connectivity index (χ1n) is 3.72. The highest BCUT2D eigenvalue weighted by atomic mass is 35.5. The van der Waals surface area contributed by atoms with Gasteiger partial charge in [0, 0.05) is 31.7 Å². The summed E-state index contributed by atoms with van der Waals surface area (Å²) in [4.78, 5) is 2.22. The maximum absolute atomic E-state index is 8.71. The summed E-state index contributed by atoms with van der Waals surface area (Å²) in [5, 5.41) is 8.71. The van der Waals surface area contributed by atoms with Gasteiger partial charge in [0.1, 0.15) is 0 Å². The average molecular weight is 217 g/mol. The average Bonchev–Trinajstić information content (AvgIpc) is 1.84. The lowest BCUT2D eigenvalue weighted by atomic mass is 9.77. The van der Waals surface area contributed by atoms with E-state index in [0.717, 1.165) is 19.5 Å². The van der Waals surface area contributed by atoms with Crippen LogP contribution in [-0.2, 0) is 0 Å². The summed E-state index contributed by atoms with van der Waals surface area (Å²) in [5.41, 5.74) is 5.82. The number of likely N-dealkylation sites (tertiary alicyclic amines) is 1. The van der Waals surface area contributed by atoms with Crippen molar-refractivity contribution in [3.8, 4) is 0 Å². The number of nitrogens with two attached hydrogens (primary N) is 1. The van der Waals surface area contributed by atoms with Crippen LogP contribution in [0.15, 0.2) is 0 Å². The van der Waals surface area contributed by atoms with E-state index in [1.165, 1.54) is 0 Å². The Kier molecular flexibility index (Phi) is 7.47. The van der Waals surface area contributed by atoms with Crippen molar-refractivity contribution in [1.29, 1.82) is 0 Å². The predicted molar refractivity (Wildman–Crippen MR) is 55.2 cm³/mol. The van der Waals surface area contributed by atoms with E-state index in [2.05, 4.69) is 11.9 Å². The van der Waals surface area contributed by atoms with Crippen molar-refractivity contribution in [2.45, 2.75) is 6.42 Å². The molecule has 3 N–H and O–H groups in total. The van der Waals surface area contributed by atoms with Gasteiger partial charge in [0.2, 0.25) is 0 Å². The SMILES string of the molecule is CN1CC(CN)(CCO)C1.Cl.Cl. The molecule has 12 heavy (non-hydrogen) atoms. The van der Waals surface area contributed by atoms with Crippen molar-refractivity contribution in [2.75, 3.05) is 33.3 Å². The van der Waals surface area contributed by atoms with Gasteiger partial charge in [-0.1, -0.05) is 0 Å². The molecular formula is C7H18Cl2N2O. The third kappa shape index (κ3) is 3.07. The molecule has 1 rings (SSSR count). The van der Waals surface area contributed by atoms with Crippen LogP contribution in [0.2, 0.25) is 0 Å². The molecule has 0 aromatic rings. The van der Waals surface area contributed by atoms with Crippen molar-refractivity contribution >= 4 is 24.8 Å². The van der Waals surface area contributed by atoms with Gasteiger partial charge in [-0.3, -0.25) is 0 Å². The van der Waals surface area contributed by atoms with Crippen molar-refractivity contribution in [1.82, 2.24) is 4.90 Å². The smallest absolute Gasteiger partial charge is 0.0437 e. The number of nitrogens with zero attached hydrogens (tertiary/aromatic N) is 1. The maximum atomic E-state index is 8.71. The first-order chi connectivity index (χ1) is 4.72. The van der Waals surface area contributed by atoms with Gasteiger partial charge in [-0.2, -0.15) is 0 Å². The van der Waals surface area contributed by atoms with Crippen LogP contribution < -0.4 is 5.73 Å². The molecule has 1 heterocycles. The van der Waals surface area contributed by atoms with E-state index in [1.54, 1.807) is 0 Å². The van der Waals surface area contributed by atoms with E-state index in [-0.39, 0.29) is 36.8 Å². The number of aliphatic hydroxyl groups excluding tert-OH is 1. The quantitative estimate of drug-likeness (QED) is 0.705. The summed E-state index contributed by atoms with van der Waals surface area (Å²) in [5.74, 6) is 0. The molecule has 0 saturated carbocycles. The monoisotopic (exact) mass is 216 g/mol. The zero-order chi connectivity index (χ0) is 7.61. The van der Waals surface area contributed by atoms with Gasteiger partial charge in [0.25, 0.3) is 0 Å². The number of halogens is 2. The topological polar surface area (TPSA) is 49.5 Å². The predicted octanol–water partition coefficient (Wildman–Crippen LogP) is 0.103. The summed E-state index contributed by atoms with van der Waals surface area (Å²) >= 11 is 0. The molecule has 0 atom stereocenters. The molecule has 0 spiro atoms. The summed E-state index contributed by atoms with van der Waals surface area (Å²) in [6, 6.07) is 0. The van der Waals surface area contributed by atoms with Crippen LogP contribution in [0, 0.1) is 5.41 Å². The molecule has 0 radical (unpaired) electrons. The molecule has 1 aliphatic rings. The summed E-state index contributed by atoms with van der Waals surface area (Å²) < 4.78 is 0. The third-order valence-corrected chi connectivity index (χ3v) is 2.29. The van der Waals surface area contributed by atoms with Crippen LogP contribution in [0.25, 0.3) is 0 Å². The Morgan fingerprint density at radius 3 is 2.17 bits per heavy atom. The van der Waals surface area contributed by atoms with E-state index >= 15 is 0 Å². The van der Waals surface area contributed by atoms with Gasteiger partial charge >= 0.3 is 0 Å². The standard InChI is InChI=1S/C7H16N2O.2ClH/c1-9-5-7(4-8,6-9)2-3-10;;/h10H,2-6,8H2,1H3;2*1H. The Bertz CT molecular complexity index is 112. The van der Waals surface area contributed by atoms with Gasteiger partial charge in [-0.05, 0) is 13.5 Å². The molecule has 3 nitrogen and oxygen atoms in total. The highest BCUT2D eigenvalue weighted by Crippen LogP contribution is 2.30. The first kappa shape index (κ1) is 15.0. The minimum Gasteiger partial charge on any atom is -0.396 e. The number of rotatable bonds is 3. The van der Waals surface area contributed by atoms with E-state index in [1.807, 2.05) is 0 Å². The van der Waals surface area contributed by atoms with Crippen LogP contribution >= 0.6 is 24.8 Å². The highest BCUT2D eigenvalue weighted by molar-refractivity contribution is 5.85. The van der Waals surface area contributed by atoms with Crippen molar-refractivity contribution in [3.05, 3.63) is 0 Å². The summed E-state index contributed by atoms with van der Waals surface area (Å²) in [6.45, 7) is 3.07. The molecule has 0 amide bonds. The summed E-state index contributed by atoms with van der Waals surface area (Å²) in [7, 11) is 2.07. The van der Waals surface area contributed by atoms with Crippen LogP contribution in [0.3, 0.4) is 0 Å². The van der Waals surface area contributed by atoms with E-state index in [4.69, 9.17) is 10.8 Å². The molecule has 1 fully saturated rings. The van der Waals surface area contributed by atoms with Crippen LogP contribution in [0.4, 0.5) is 0 Å². The second kappa shape index (κ2) is 6.00. The molecule has 0 aliphatic carbocycles. The molecule has 0 unspecified atom stereocenters. The molecule has 1 saturated heterocycles. The fraction of sp³-hybridized carbons (Fsp3) is 1.00. The van der Waals surface area contributed by atoms with Crippen LogP contribution in [-0.4, -0.2) is 43.3 Å². The molecule has 0 aromatic heterocycles. The Balaban J connectivity index is 0. The Morgan fingerprint density at radius 1 is 1.42 bits per heavy atom. The Morgan fingerprint density at radius 2 is 1.92 bits per heavy atom. The van der Waals surface area contributed by atoms with Crippen LogP contribution in [0.5, 0.6) is 0 Å². The molecule has 5 heteroatoms. The largest absolute Gasteiger partial charge is 0.396 e.